The highest BCUT2D eigenvalue weighted by molar-refractivity contribution is 5.24. The molecule has 1 atom stereocenters. The molecule has 0 saturated heterocycles. The molecule has 0 aromatic carbocycles. The monoisotopic (exact) mass is 191 g/mol. The summed E-state index contributed by atoms with van der Waals surface area (Å²) in [5, 5.41) is 0. The summed E-state index contributed by atoms with van der Waals surface area (Å²) in [6, 6.07) is 0.185. The minimum absolute atomic E-state index is 0.185. The highest BCUT2D eigenvalue weighted by Crippen LogP contribution is 1.96. The normalized spacial score (nSPS) is 12.9. The predicted octanol–water partition coefficient (Wildman–Crippen LogP) is 0.639. The van der Waals surface area contributed by atoms with Crippen molar-refractivity contribution in [1.29, 1.82) is 0 Å². The number of hydrogen-bond acceptors (Lipinski definition) is 3. The van der Waals surface area contributed by atoms with Gasteiger partial charge in [-0.05, 0) is 32.3 Å². The number of hydrogen-bond donors (Lipinski definition) is 2. The lowest BCUT2D eigenvalue weighted by atomic mass is 10.2. The van der Waals surface area contributed by atoms with Crippen molar-refractivity contribution >= 4 is 0 Å². The summed E-state index contributed by atoms with van der Waals surface area (Å²) < 4.78 is 0. The van der Waals surface area contributed by atoms with E-state index >= 15 is 0 Å². The van der Waals surface area contributed by atoms with Gasteiger partial charge in [0.15, 0.2) is 0 Å². The SMILES string of the molecule is C=CC#C/C=C\C(/C=C\NN)N(C)C. The average molecular weight is 191 g/mol. The first kappa shape index (κ1) is 12.5. The first-order chi connectivity index (χ1) is 6.72. The Kier molecular flexibility index (Phi) is 7.24. The Bertz CT molecular complexity index is 266. The highest BCUT2D eigenvalue weighted by atomic mass is 15.2. The largest absolute Gasteiger partial charge is 0.332 e. The van der Waals surface area contributed by atoms with Gasteiger partial charge in [-0.25, -0.2) is 0 Å². The van der Waals surface area contributed by atoms with Crippen LogP contribution < -0.4 is 11.3 Å². The zero-order chi connectivity index (χ0) is 10.8. The van der Waals surface area contributed by atoms with Gasteiger partial charge in [0.05, 0.1) is 0 Å². The molecule has 0 heterocycles. The molecule has 3 N–H and O–H groups in total. The van der Waals surface area contributed by atoms with Crippen LogP contribution in [0.4, 0.5) is 0 Å². The number of nitrogens with zero attached hydrogens (tertiary/aromatic N) is 1. The zero-order valence-electron chi connectivity index (χ0n) is 8.70. The molecule has 0 radical (unpaired) electrons. The van der Waals surface area contributed by atoms with Gasteiger partial charge in [-0.1, -0.05) is 24.5 Å². The third-order valence-corrected chi connectivity index (χ3v) is 1.55. The Morgan fingerprint density at radius 2 is 2.07 bits per heavy atom. The number of hydrazine groups is 1. The lowest BCUT2D eigenvalue weighted by Crippen LogP contribution is -2.25. The van der Waals surface area contributed by atoms with Gasteiger partial charge in [0.2, 0.25) is 0 Å². The number of allylic oxidation sites excluding steroid dienone is 2. The number of rotatable bonds is 4. The second kappa shape index (κ2) is 8.11. The van der Waals surface area contributed by atoms with Crippen molar-refractivity contribution in [2.24, 2.45) is 5.84 Å². The average Bonchev–Trinajstić information content (AvgIpc) is 2.16. The minimum atomic E-state index is 0.185. The van der Waals surface area contributed by atoms with Crippen molar-refractivity contribution in [3.63, 3.8) is 0 Å². The van der Waals surface area contributed by atoms with Crippen molar-refractivity contribution in [3.8, 4) is 11.8 Å². The van der Waals surface area contributed by atoms with Gasteiger partial charge in [-0.3, -0.25) is 10.7 Å². The van der Waals surface area contributed by atoms with Crippen LogP contribution in [0.25, 0.3) is 0 Å². The number of nitrogens with one attached hydrogen (secondary N) is 1. The van der Waals surface area contributed by atoms with Gasteiger partial charge in [-0.2, -0.15) is 0 Å². The molecular formula is C11H17N3. The Hall–Kier alpha value is -1.50. The van der Waals surface area contributed by atoms with E-state index in [0.29, 0.717) is 0 Å². The fourth-order valence-electron chi connectivity index (χ4n) is 0.816. The minimum Gasteiger partial charge on any atom is -0.332 e. The van der Waals surface area contributed by atoms with Gasteiger partial charge < -0.3 is 5.43 Å². The van der Waals surface area contributed by atoms with E-state index in [1.165, 1.54) is 0 Å². The maximum Gasteiger partial charge on any atom is 0.0482 e. The summed E-state index contributed by atoms with van der Waals surface area (Å²) in [6.07, 6.45) is 8.96. The van der Waals surface area contributed by atoms with E-state index in [9.17, 15) is 0 Å². The molecule has 0 aliphatic heterocycles. The topological polar surface area (TPSA) is 41.3 Å². The molecule has 0 aliphatic rings. The fourth-order valence-corrected chi connectivity index (χ4v) is 0.816. The van der Waals surface area contributed by atoms with E-state index in [1.807, 2.05) is 31.1 Å². The summed E-state index contributed by atoms with van der Waals surface area (Å²) in [6.45, 7) is 3.50. The Morgan fingerprint density at radius 1 is 1.36 bits per heavy atom. The molecule has 0 fully saturated rings. The quantitative estimate of drug-likeness (QED) is 0.389. The van der Waals surface area contributed by atoms with Gasteiger partial charge in [0.1, 0.15) is 0 Å². The van der Waals surface area contributed by atoms with Crippen molar-refractivity contribution in [1.82, 2.24) is 10.3 Å². The molecule has 14 heavy (non-hydrogen) atoms. The predicted molar refractivity (Wildman–Crippen MR) is 61.1 cm³/mol. The standard InChI is InChI=1S/C11H17N3/c1-4-5-6-7-8-11(14(2)3)9-10-13-12/h4,7-11,13H,1,12H2,2-3H3/b8-7-,10-9-. The fraction of sp³-hybridized carbons (Fsp3) is 0.273. The molecule has 0 bridgehead atoms. The lowest BCUT2D eigenvalue weighted by Gasteiger charge is -2.16. The second-order valence-corrected chi connectivity index (χ2v) is 2.83. The van der Waals surface area contributed by atoms with Crippen LogP contribution in [0.5, 0.6) is 0 Å². The van der Waals surface area contributed by atoms with Crippen LogP contribution in [-0.2, 0) is 0 Å². The van der Waals surface area contributed by atoms with E-state index in [1.54, 1.807) is 18.4 Å². The van der Waals surface area contributed by atoms with Gasteiger partial charge in [-0.15, -0.1) is 0 Å². The first-order valence-electron chi connectivity index (χ1n) is 4.30. The Balaban J connectivity index is 4.29. The van der Waals surface area contributed by atoms with Crippen LogP contribution in [-0.4, -0.2) is 25.0 Å². The van der Waals surface area contributed by atoms with Crippen LogP contribution in [0.1, 0.15) is 0 Å². The van der Waals surface area contributed by atoms with E-state index < -0.39 is 0 Å². The summed E-state index contributed by atoms with van der Waals surface area (Å²) in [7, 11) is 3.97. The third-order valence-electron chi connectivity index (χ3n) is 1.55. The van der Waals surface area contributed by atoms with Crippen molar-refractivity contribution in [2.75, 3.05) is 14.1 Å². The molecule has 0 amide bonds. The van der Waals surface area contributed by atoms with Gasteiger partial charge >= 0.3 is 0 Å². The summed E-state index contributed by atoms with van der Waals surface area (Å²) in [4.78, 5) is 2.04. The second-order valence-electron chi connectivity index (χ2n) is 2.83. The molecule has 3 nitrogen and oxygen atoms in total. The number of nitrogens with two attached hydrogens (primary N) is 1. The molecule has 0 rings (SSSR count). The molecule has 0 saturated carbocycles. The van der Waals surface area contributed by atoms with E-state index in [4.69, 9.17) is 5.84 Å². The van der Waals surface area contributed by atoms with E-state index in [0.717, 1.165) is 0 Å². The lowest BCUT2D eigenvalue weighted by molar-refractivity contribution is 0.391. The van der Waals surface area contributed by atoms with Crippen LogP contribution >= 0.6 is 0 Å². The molecule has 0 aromatic rings. The van der Waals surface area contributed by atoms with Crippen molar-refractivity contribution in [2.45, 2.75) is 6.04 Å². The Morgan fingerprint density at radius 3 is 2.57 bits per heavy atom. The van der Waals surface area contributed by atoms with Crippen LogP contribution in [0, 0.1) is 11.8 Å². The van der Waals surface area contributed by atoms with Crippen molar-refractivity contribution in [3.05, 3.63) is 37.1 Å². The molecular weight excluding hydrogens is 174 g/mol. The highest BCUT2D eigenvalue weighted by Gasteiger charge is 2.00. The first-order valence-corrected chi connectivity index (χ1v) is 4.30. The summed E-state index contributed by atoms with van der Waals surface area (Å²) in [5.41, 5.74) is 2.46. The molecule has 3 heteroatoms. The molecule has 0 spiro atoms. The number of likely N-dealkylation sites (N-methyl/N-ethyl adjacent to an activating group) is 1. The molecule has 1 unspecified atom stereocenters. The smallest absolute Gasteiger partial charge is 0.0482 e. The molecule has 0 aromatic heterocycles. The molecule has 76 valence electrons. The maximum absolute atomic E-state index is 5.13. The van der Waals surface area contributed by atoms with E-state index in [-0.39, 0.29) is 6.04 Å². The van der Waals surface area contributed by atoms with Crippen LogP contribution in [0.2, 0.25) is 0 Å². The summed E-state index contributed by atoms with van der Waals surface area (Å²) in [5.74, 6) is 10.7. The zero-order valence-corrected chi connectivity index (χ0v) is 8.70. The van der Waals surface area contributed by atoms with Gasteiger partial charge in [0, 0.05) is 12.2 Å². The van der Waals surface area contributed by atoms with Crippen LogP contribution in [0.15, 0.2) is 37.1 Å². The summed E-state index contributed by atoms with van der Waals surface area (Å²) >= 11 is 0. The molecule has 0 aliphatic carbocycles. The van der Waals surface area contributed by atoms with Gasteiger partial charge in [0.25, 0.3) is 0 Å². The third kappa shape index (κ3) is 6.06. The maximum atomic E-state index is 5.13. The van der Waals surface area contributed by atoms with E-state index in [2.05, 4.69) is 23.8 Å². The van der Waals surface area contributed by atoms with Crippen molar-refractivity contribution < 1.29 is 0 Å². The van der Waals surface area contributed by atoms with Crippen LogP contribution in [0.3, 0.4) is 0 Å². The Labute approximate surface area is 85.9 Å².